The van der Waals surface area contributed by atoms with Gasteiger partial charge in [0.25, 0.3) is 5.91 Å². The van der Waals surface area contributed by atoms with Gasteiger partial charge >= 0.3 is 0 Å². The van der Waals surface area contributed by atoms with Crippen LogP contribution >= 0.6 is 33.9 Å². The molecule has 0 saturated carbocycles. The van der Waals surface area contributed by atoms with E-state index in [9.17, 15) is 4.79 Å². The van der Waals surface area contributed by atoms with E-state index in [1.165, 1.54) is 0 Å². The molecule has 4 nitrogen and oxygen atoms in total. The van der Waals surface area contributed by atoms with Gasteiger partial charge in [-0.2, -0.15) is 0 Å². The molecule has 1 aliphatic heterocycles. The summed E-state index contributed by atoms with van der Waals surface area (Å²) in [6, 6.07) is 7.73. The first-order valence-corrected chi connectivity index (χ1v) is 8.55. The van der Waals surface area contributed by atoms with Crippen molar-refractivity contribution in [2.24, 2.45) is 0 Å². The van der Waals surface area contributed by atoms with Crippen LogP contribution in [0.2, 0.25) is 0 Å². The van der Waals surface area contributed by atoms with Crippen LogP contribution in [0.15, 0.2) is 29.6 Å². The Morgan fingerprint density at radius 2 is 2.14 bits per heavy atom. The molecule has 0 fully saturated rings. The van der Waals surface area contributed by atoms with Gasteiger partial charge in [-0.25, -0.2) is 0 Å². The van der Waals surface area contributed by atoms with Gasteiger partial charge in [-0.3, -0.25) is 4.79 Å². The monoisotopic (exact) mass is 415 g/mol. The van der Waals surface area contributed by atoms with Crippen molar-refractivity contribution in [1.29, 1.82) is 0 Å². The van der Waals surface area contributed by atoms with E-state index in [1.54, 1.807) is 11.3 Å². The molecule has 1 aromatic heterocycles. The summed E-state index contributed by atoms with van der Waals surface area (Å²) in [5.41, 5.74) is 1.80. The van der Waals surface area contributed by atoms with E-state index in [0.717, 1.165) is 25.5 Å². The minimum Gasteiger partial charge on any atom is -0.454 e. The van der Waals surface area contributed by atoms with Crippen molar-refractivity contribution < 1.29 is 14.3 Å². The first-order chi connectivity index (χ1) is 10.2. The molecule has 0 N–H and O–H groups in total. The Balaban J connectivity index is 1.76. The van der Waals surface area contributed by atoms with Crippen molar-refractivity contribution in [3.05, 3.63) is 43.7 Å². The average Bonchev–Trinajstić information content (AvgIpc) is 3.12. The summed E-state index contributed by atoms with van der Waals surface area (Å²) in [5, 5.41) is 1.91. The molecule has 1 aromatic carbocycles. The third kappa shape index (κ3) is 3.16. The van der Waals surface area contributed by atoms with Crippen LogP contribution in [0.5, 0.6) is 11.5 Å². The number of amides is 1. The first kappa shape index (κ1) is 14.6. The smallest absolute Gasteiger partial charge is 0.255 e. The van der Waals surface area contributed by atoms with Crippen molar-refractivity contribution in [2.75, 3.05) is 13.3 Å². The van der Waals surface area contributed by atoms with Crippen LogP contribution in [0.1, 0.15) is 22.8 Å². The molecule has 2 aromatic rings. The maximum Gasteiger partial charge on any atom is 0.255 e. The second-order valence-corrected chi connectivity index (χ2v) is 7.45. The normalized spacial score (nSPS) is 12.5. The van der Waals surface area contributed by atoms with Crippen LogP contribution in [0.25, 0.3) is 0 Å². The lowest BCUT2D eigenvalue weighted by molar-refractivity contribution is 0.0753. The molecule has 1 amide bonds. The Hall–Kier alpha value is -1.28. The van der Waals surface area contributed by atoms with Gasteiger partial charge in [0.2, 0.25) is 6.79 Å². The van der Waals surface area contributed by atoms with E-state index in [4.69, 9.17) is 9.47 Å². The van der Waals surface area contributed by atoms with Gasteiger partial charge in [-0.1, -0.05) is 6.07 Å². The maximum atomic E-state index is 12.5. The summed E-state index contributed by atoms with van der Waals surface area (Å²) in [5.74, 6) is 1.58. The highest BCUT2D eigenvalue weighted by atomic mass is 127. The van der Waals surface area contributed by atoms with Crippen LogP contribution < -0.4 is 9.47 Å². The average molecular weight is 415 g/mol. The summed E-state index contributed by atoms with van der Waals surface area (Å²) < 4.78 is 11.8. The third-order valence-electron chi connectivity index (χ3n) is 3.29. The molecule has 110 valence electrons. The molecular weight excluding hydrogens is 401 g/mol. The van der Waals surface area contributed by atoms with Gasteiger partial charge in [-0.15, -0.1) is 11.3 Å². The first-order valence-electron chi connectivity index (χ1n) is 6.59. The number of carbonyl (C=O) groups excluding carboxylic acids is 1. The molecule has 21 heavy (non-hydrogen) atoms. The number of benzene rings is 1. The standard InChI is InChI=1S/C15H14INO3S/c1-2-17(15(18)11-6-14(16)21-8-11)7-10-3-4-12-13(5-10)20-9-19-12/h3-6,8H,2,7,9H2,1H3. The summed E-state index contributed by atoms with van der Waals surface area (Å²) in [6.07, 6.45) is 0. The number of carbonyl (C=O) groups is 1. The molecule has 0 aliphatic carbocycles. The SMILES string of the molecule is CCN(Cc1ccc2c(c1)OCO2)C(=O)c1csc(I)c1. The molecule has 0 saturated heterocycles. The van der Waals surface area contributed by atoms with Crippen LogP contribution in [0, 0.1) is 2.88 Å². The van der Waals surface area contributed by atoms with E-state index < -0.39 is 0 Å². The van der Waals surface area contributed by atoms with Gasteiger partial charge in [0.15, 0.2) is 11.5 Å². The zero-order valence-corrected chi connectivity index (χ0v) is 14.4. The molecule has 3 rings (SSSR count). The summed E-state index contributed by atoms with van der Waals surface area (Å²) >= 11 is 3.82. The van der Waals surface area contributed by atoms with E-state index in [2.05, 4.69) is 22.6 Å². The number of nitrogens with zero attached hydrogens (tertiary/aromatic N) is 1. The van der Waals surface area contributed by atoms with Crippen molar-refractivity contribution in [2.45, 2.75) is 13.5 Å². The Bertz CT molecular complexity index is 671. The Labute approximate surface area is 140 Å². The van der Waals surface area contributed by atoms with Gasteiger partial charge in [0, 0.05) is 18.5 Å². The van der Waals surface area contributed by atoms with Gasteiger partial charge < -0.3 is 14.4 Å². The van der Waals surface area contributed by atoms with Crippen LogP contribution in [-0.2, 0) is 6.54 Å². The molecule has 0 atom stereocenters. The summed E-state index contributed by atoms with van der Waals surface area (Å²) in [4.78, 5) is 14.3. The fraction of sp³-hybridized carbons (Fsp3) is 0.267. The van der Waals surface area contributed by atoms with Gasteiger partial charge in [0.1, 0.15) is 0 Å². The van der Waals surface area contributed by atoms with Crippen molar-refractivity contribution in [3.8, 4) is 11.5 Å². The zero-order chi connectivity index (χ0) is 14.8. The predicted octanol–water partition coefficient (Wildman–Crippen LogP) is 3.74. The fourth-order valence-electron chi connectivity index (χ4n) is 2.19. The number of ether oxygens (including phenoxy) is 2. The lowest BCUT2D eigenvalue weighted by Crippen LogP contribution is -2.29. The Morgan fingerprint density at radius 1 is 1.33 bits per heavy atom. The lowest BCUT2D eigenvalue weighted by atomic mass is 10.1. The highest BCUT2D eigenvalue weighted by Gasteiger charge is 2.18. The summed E-state index contributed by atoms with van der Waals surface area (Å²) in [7, 11) is 0. The molecule has 0 unspecified atom stereocenters. The molecule has 0 spiro atoms. The molecule has 0 radical (unpaired) electrons. The molecule has 1 aliphatic rings. The lowest BCUT2D eigenvalue weighted by Gasteiger charge is -2.20. The molecule has 0 bridgehead atoms. The van der Waals surface area contributed by atoms with Crippen LogP contribution in [-0.4, -0.2) is 24.1 Å². The largest absolute Gasteiger partial charge is 0.454 e. The highest BCUT2D eigenvalue weighted by molar-refractivity contribution is 14.1. The molecular formula is C15H14INO3S. The van der Waals surface area contributed by atoms with Crippen molar-refractivity contribution >= 4 is 39.8 Å². The fourth-order valence-corrected chi connectivity index (χ4v) is 3.51. The number of fused-ring (bicyclic) bond motifs is 1. The van der Waals surface area contributed by atoms with Crippen molar-refractivity contribution in [3.63, 3.8) is 0 Å². The third-order valence-corrected chi connectivity index (χ3v) is 5.08. The minimum atomic E-state index is 0.0642. The summed E-state index contributed by atoms with van der Waals surface area (Å²) in [6.45, 7) is 3.49. The highest BCUT2D eigenvalue weighted by Crippen LogP contribution is 2.33. The van der Waals surface area contributed by atoms with Gasteiger partial charge in [-0.05, 0) is 53.3 Å². The second-order valence-electron chi connectivity index (χ2n) is 4.65. The second kappa shape index (κ2) is 6.23. The molecule has 2 heterocycles. The van der Waals surface area contributed by atoms with E-state index in [0.29, 0.717) is 13.1 Å². The quantitative estimate of drug-likeness (QED) is 0.715. The van der Waals surface area contributed by atoms with E-state index >= 15 is 0 Å². The van der Waals surface area contributed by atoms with Gasteiger partial charge in [0.05, 0.1) is 8.45 Å². The zero-order valence-electron chi connectivity index (χ0n) is 11.5. The van der Waals surface area contributed by atoms with Crippen LogP contribution in [0.4, 0.5) is 0 Å². The Kier molecular flexibility index (Phi) is 4.34. The van der Waals surface area contributed by atoms with E-state index in [1.807, 2.05) is 41.5 Å². The van der Waals surface area contributed by atoms with Crippen molar-refractivity contribution in [1.82, 2.24) is 4.90 Å². The number of thiophene rings is 1. The number of hydrogen-bond donors (Lipinski definition) is 0. The number of rotatable bonds is 4. The molecule has 6 heteroatoms. The number of halogens is 1. The number of hydrogen-bond acceptors (Lipinski definition) is 4. The van der Waals surface area contributed by atoms with E-state index in [-0.39, 0.29) is 12.7 Å². The maximum absolute atomic E-state index is 12.5. The Morgan fingerprint density at radius 3 is 2.86 bits per heavy atom. The predicted molar refractivity (Wildman–Crippen MR) is 90.0 cm³/mol. The minimum absolute atomic E-state index is 0.0642. The van der Waals surface area contributed by atoms with Crippen LogP contribution in [0.3, 0.4) is 0 Å². The topological polar surface area (TPSA) is 38.8 Å².